The summed E-state index contributed by atoms with van der Waals surface area (Å²) in [5, 5.41) is 10.7. The maximum Gasteiger partial charge on any atom is 0.472 e. The monoisotopic (exact) mass is 1560 g/mol. The minimum atomic E-state index is -4.97. The first-order valence-corrected chi connectivity index (χ1v) is 48.3. The molecule has 19 heteroatoms. The van der Waals surface area contributed by atoms with Crippen LogP contribution < -0.4 is 0 Å². The third-order valence-corrected chi connectivity index (χ3v) is 23.6. The molecular weight excluding hydrogens is 1390 g/mol. The summed E-state index contributed by atoms with van der Waals surface area (Å²) in [6, 6.07) is 0. The molecule has 107 heavy (non-hydrogen) atoms. The molecule has 0 spiro atoms. The molecule has 0 bridgehead atoms. The highest BCUT2D eigenvalue weighted by atomic mass is 31.2. The molecule has 0 aromatic rings. The van der Waals surface area contributed by atoms with Gasteiger partial charge >= 0.3 is 39.5 Å². The Hall–Kier alpha value is -1.94. The van der Waals surface area contributed by atoms with Crippen LogP contribution in [0.5, 0.6) is 0 Å². The van der Waals surface area contributed by atoms with Gasteiger partial charge in [-0.2, -0.15) is 0 Å². The number of carbonyl (C=O) groups is 4. The van der Waals surface area contributed by atoms with Gasteiger partial charge in [0.15, 0.2) is 12.2 Å². The minimum absolute atomic E-state index is 0.107. The molecule has 0 aromatic carbocycles. The number of carbonyl (C=O) groups excluding carboxylic acids is 4. The predicted molar refractivity (Wildman–Crippen MR) is 441 cm³/mol. The van der Waals surface area contributed by atoms with Crippen LogP contribution in [0.25, 0.3) is 0 Å². The van der Waals surface area contributed by atoms with Crippen LogP contribution in [0.4, 0.5) is 0 Å². The van der Waals surface area contributed by atoms with Crippen molar-refractivity contribution in [2.24, 2.45) is 23.7 Å². The lowest BCUT2D eigenvalue weighted by Crippen LogP contribution is -2.30. The molecule has 0 rings (SSSR count). The summed E-state index contributed by atoms with van der Waals surface area (Å²) in [5.41, 5.74) is 0. The Kier molecular flexibility index (Phi) is 75.3. The zero-order chi connectivity index (χ0) is 78.8. The number of ether oxygens (including phenoxy) is 4. The van der Waals surface area contributed by atoms with E-state index in [0.29, 0.717) is 31.6 Å². The van der Waals surface area contributed by atoms with Crippen molar-refractivity contribution in [3.63, 3.8) is 0 Å². The fourth-order valence-corrected chi connectivity index (χ4v) is 15.2. The van der Waals surface area contributed by atoms with Gasteiger partial charge in [0.25, 0.3) is 0 Å². The summed E-state index contributed by atoms with van der Waals surface area (Å²) >= 11 is 0. The van der Waals surface area contributed by atoms with E-state index in [4.69, 9.17) is 37.0 Å². The van der Waals surface area contributed by atoms with E-state index < -0.39 is 97.5 Å². The standard InChI is InChI=1S/C88H172O17P2/c1-9-79(6)65-57-49-40-34-28-24-20-16-12-14-18-22-26-30-38-44-54-62-70-87(92)104-83(74-98-85(90)68-60-52-43-37-33-32-36-42-51-59-67-81(8)11-3)76-102-106(94,95)100-72-82(89)73-101-107(96,97)103-77-84(75-99-86(91)69-61-53-47-46-48-56-64-78(4)5)105-88(93)71-63-55-45-39-31-27-23-19-15-13-17-21-25-29-35-41-50-58-66-80(7)10-2/h78-84,89H,9-77H2,1-8H3,(H,94,95)(H,96,97)/t79?,80?,81?,82-,83-,84-/m1/s1. The zero-order valence-corrected chi connectivity index (χ0v) is 72.6. The molecule has 5 unspecified atom stereocenters. The quantitative estimate of drug-likeness (QED) is 0.0222. The summed E-state index contributed by atoms with van der Waals surface area (Å²) in [5.74, 6) is 1.12. The number of hydrogen-bond donors (Lipinski definition) is 3. The van der Waals surface area contributed by atoms with Crippen LogP contribution in [0.3, 0.4) is 0 Å². The van der Waals surface area contributed by atoms with Gasteiger partial charge in [-0.05, 0) is 49.4 Å². The van der Waals surface area contributed by atoms with Crippen molar-refractivity contribution in [2.45, 2.75) is 478 Å². The predicted octanol–water partition coefficient (Wildman–Crippen LogP) is 26.7. The number of unbranched alkanes of at least 4 members (excludes halogenated alkanes) is 48. The van der Waals surface area contributed by atoms with E-state index in [1.165, 1.54) is 257 Å². The van der Waals surface area contributed by atoms with Gasteiger partial charge in [-0.3, -0.25) is 37.3 Å². The Morgan fingerprint density at radius 1 is 0.262 bits per heavy atom. The molecule has 0 saturated heterocycles. The third kappa shape index (κ3) is 77.8. The van der Waals surface area contributed by atoms with Crippen molar-refractivity contribution in [2.75, 3.05) is 39.6 Å². The molecule has 0 aliphatic carbocycles. The fraction of sp³-hybridized carbons (Fsp3) is 0.955. The number of phosphoric ester groups is 2. The van der Waals surface area contributed by atoms with Crippen molar-refractivity contribution < 1.29 is 80.2 Å². The Labute approximate surface area is 658 Å². The van der Waals surface area contributed by atoms with Crippen molar-refractivity contribution in [3.8, 4) is 0 Å². The second kappa shape index (κ2) is 76.7. The second-order valence-corrected chi connectivity index (χ2v) is 35.7. The van der Waals surface area contributed by atoms with Crippen LogP contribution in [0.1, 0.15) is 460 Å². The Balaban J connectivity index is 5.17. The average molecular weight is 1560 g/mol. The summed E-state index contributed by atoms with van der Waals surface area (Å²) in [7, 11) is -9.93. The molecule has 0 fully saturated rings. The van der Waals surface area contributed by atoms with Gasteiger partial charge in [0, 0.05) is 25.7 Å². The normalized spacial score (nSPS) is 14.7. The minimum Gasteiger partial charge on any atom is -0.462 e. The van der Waals surface area contributed by atoms with Gasteiger partial charge in [0.05, 0.1) is 26.4 Å². The molecule has 0 radical (unpaired) electrons. The van der Waals surface area contributed by atoms with Crippen LogP contribution in [-0.4, -0.2) is 96.7 Å². The molecule has 0 saturated carbocycles. The molecular formula is C88H172O17P2. The molecule has 17 nitrogen and oxygen atoms in total. The Morgan fingerprint density at radius 3 is 0.664 bits per heavy atom. The van der Waals surface area contributed by atoms with E-state index in [0.717, 1.165) is 114 Å². The number of phosphoric acid groups is 2. The van der Waals surface area contributed by atoms with E-state index >= 15 is 0 Å². The van der Waals surface area contributed by atoms with E-state index in [2.05, 4.69) is 55.4 Å². The lowest BCUT2D eigenvalue weighted by molar-refractivity contribution is -0.161. The SMILES string of the molecule is CCC(C)CCCCCCCCCCCCCCCCCCCCC(=O)O[C@H](COC(=O)CCCCCCCCCCCCC(C)CC)COP(=O)(O)OC[C@@H](O)COP(=O)(O)OC[C@@H](COC(=O)CCCCCCCCC(C)C)OC(=O)CCCCCCCCCCCCCCCCCCCCC(C)CC. The van der Waals surface area contributed by atoms with E-state index in [1.807, 2.05) is 0 Å². The van der Waals surface area contributed by atoms with Crippen molar-refractivity contribution in [1.82, 2.24) is 0 Å². The molecule has 3 N–H and O–H groups in total. The first-order chi connectivity index (χ1) is 51.7. The first kappa shape index (κ1) is 105. The number of hydrogen-bond acceptors (Lipinski definition) is 15. The van der Waals surface area contributed by atoms with Gasteiger partial charge in [-0.25, -0.2) is 9.13 Å². The van der Waals surface area contributed by atoms with Gasteiger partial charge < -0.3 is 33.8 Å². The van der Waals surface area contributed by atoms with E-state index in [1.54, 1.807) is 0 Å². The molecule has 636 valence electrons. The zero-order valence-electron chi connectivity index (χ0n) is 70.8. The lowest BCUT2D eigenvalue weighted by Gasteiger charge is -2.21. The second-order valence-electron chi connectivity index (χ2n) is 32.8. The highest BCUT2D eigenvalue weighted by Crippen LogP contribution is 2.45. The average Bonchev–Trinajstić information content (AvgIpc) is 0.900. The summed E-state index contributed by atoms with van der Waals surface area (Å²) < 4.78 is 68.9. The molecule has 0 amide bonds. The Bertz CT molecular complexity index is 2080. The third-order valence-electron chi connectivity index (χ3n) is 21.7. The van der Waals surface area contributed by atoms with Crippen LogP contribution in [0.15, 0.2) is 0 Å². The molecule has 8 atom stereocenters. The maximum atomic E-state index is 13.1. The van der Waals surface area contributed by atoms with Gasteiger partial charge in [0.1, 0.15) is 19.3 Å². The van der Waals surface area contributed by atoms with E-state index in [9.17, 15) is 43.2 Å². The number of aliphatic hydroxyl groups excluding tert-OH is 1. The van der Waals surface area contributed by atoms with Crippen LogP contribution in [-0.2, 0) is 65.4 Å². The number of aliphatic hydroxyl groups is 1. The van der Waals surface area contributed by atoms with Crippen LogP contribution in [0.2, 0.25) is 0 Å². The molecule has 0 aliphatic heterocycles. The summed E-state index contributed by atoms with van der Waals surface area (Å²) in [6.45, 7) is 14.4. The number of esters is 4. The summed E-state index contributed by atoms with van der Waals surface area (Å²) in [4.78, 5) is 73.2. The van der Waals surface area contributed by atoms with Gasteiger partial charge in [-0.1, -0.05) is 409 Å². The molecule has 0 aliphatic rings. The molecule has 0 aromatic heterocycles. The highest BCUT2D eigenvalue weighted by Gasteiger charge is 2.31. The van der Waals surface area contributed by atoms with Crippen molar-refractivity contribution in [1.29, 1.82) is 0 Å². The largest absolute Gasteiger partial charge is 0.472 e. The summed E-state index contributed by atoms with van der Waals surface area (Å²) in [6.07, 6.45) is 66.8. The fourth-order valence-electron chi connectivity index (χ4n) is 13.6. The first-order valence-electron chi connectivity index (χ1n) is 45.3. The number of rotatable bonds is 85. The maximum absolute atomic E-state index is 13.1. The van der Waals surface area contributed by atoms with Gasteiger partial charge in [-0.15, -0.1) is 0 Å². The smallest absolute Gasteiger partial charge is 0.462 e. The lowest BCUT2D eigenvalue weighted by atomic mass is 9.99. The highest BCUT2D eigenvalue weighted by molar-refractivity contribution is 7.47. The topological polar surface area (TPSA) is 237 Å². The Morgan fingerprint density at radius 2 is 0.449 bits per heavy atom. The van der Waals surface area contributed by atoms with Crippen molar-refractivity contribution >= 4 is 39.5 Å². The molecule has 0 heterocycles. The van der Waals surface area contributed by atoms with Crippen molar-refractivity contribution in [3.05, 3.63) is 0 Å². The van der Waals surface area contributed by atoms with Crippen LogP contribution >= 0.6 is 15.6 Å². The van der Waals surface area contributed by atoms with E-state index in [-0.39, 0.29) is 25.7 Å². The van der Waals surface area contributed by atoms with Crippen LogP contribution in [0, 0.1) is 23.7 Å². The van der Waals surface area contributed by atoms with Gasteiger partial charge in [0.2, 0.25) is 0 Å².